The van der Waals surface area contributed by atoms with Crippen LogP contribution in [0.25, 0.3) is 0 Å². The van der Waals surface area contributed by atoms with Crippen molar-refractivity contribution < 1.29 is 9.53 Å². The Morgan fingerprint density at radius 1 is 1.33 bits per heavy atom. The summed E-state index contributed by atoms with van der Waals surface area (Å²) in [5.41, 5.74) is 0.791. The molecule has 1 rings (SSSR count). The highest BCUT2D eigenvalue weighted by Gasteiger charge is 1.99. The number of rotatable bonds is 1. The minimum atomic E-state index is -0.493. The van der Waals surface area contributed by atoms with Crippen LogP contribution < -0.4 is 0 Å². The van der Waals surface area contributed by atoms with E-state index in [2.05, 4.69) is 27.8 Å². The molecule has 0 unspecified atom stereocenters. The Hall–Kier alpha value is -1.27. The number of benzene rings is 1. The number of hydrogen-bond acceptors (Lipinski definition) is 2. The Labute approximate surface area is 97.8 Å². The van der Waals surface area contributed by atoms with Crippen LogP contribution in [0.4, 0.5) is 0 Å². The lowest BCUT2D eigenvalue weighted by atomic mass is 10.2. The molecule has 0 fully saturated rings. The molecule has 0 heterocycles. The lowest BCUT2D eigenvalue weighted by Crippen LogP contribution is -2.08. The lowest BCUT2D eigenvalue weighted by molar-refractivity contribution is -0.140. The van der Waals surface area contributed by atoms with E-state index in [0.29, 0.717) is 0 Å². The van der Waals surface area contributed by atoms with Crippen molar-refractivity contribution in [2.45, 2.75) is 20.0 Å². The molecule has 78 valence electrons. The topological polar surface area (TPSA) is 26.3 Å². The summed E-state index contributed by atoms with van der Waals surface area (Å²) in [4.78, 5) is 11.1. The zero-order chi connectivity index (χ0) is 11.3. The minimum Gasteiger partial charge on any atom is -0.453 e. The van der Waals surface area contributed by atoms with Gasteiger partial charge in [-0.25, -0.2) is 4.79 Å². The molecule has 0 N–H and O–H groups in total. The predicted octanol–water partition coefficient (Wildman–Crippen LogP) is 2.75. The molecule has 0 saturated carbocycles. The third-order valence-electron chi connectivity index (χ3n) is 1.50. The summed E-state index contributed by atoms with van der Waals surface area (Å²) in [6.07, 6.45) is -0.128. The maximum atomic E-state index is 11.1. The molecule has 2 nitrogen and oxygen atoms in total. The minimum absolute atomic E-state index is 0.128. The van der Waals surface area contributed by atoms with Crippen LogP contribution in [0.1, 0.15) is 19.4 Å². The van der Waals surface area contributed by atoms with Crippen molar-refractivity contribution in [1.82, 2.24) is 0 Å². The van der Waals surface area contributed by atoms with Gasteiger partial charge in [0.1, 0.15) is 0 Å². The highest BCUT2D eigenvalue weighted by atomic mass is 79.9. The molecule has 0 aliphatic heterocycles. The molecule has 0 aromatic heterocycles. The Balaban J connectivity index is 2.65. The van der Waals surface area contributed by atoms with E-state index in [-0.39, 0.29) is 6.10 Å². The van der Waals surface area contributed by atoms with Gasteiger partial charge in [-0.1, -0.05) is 21.9 Å². The molecule has 0 atom stereocenters. The number of ether oxygens (including phenoxy) is 1. The Morgan fingerprint density at radius 2 is 1.93 bits per heavy atom. The third kappa shape index (κ3) is 4.66. The fraction of sp³-hybridized carbons (Fsp3) is 0.250. The fourth-order valence-corrected chi connectivity index (χ4v) is 1.16. The molecule has 0 saturated heterocycles. The summed E-state index contributed by atoms with van der Waals surface area (Å²) in [5.74, 6) is 4.66. The Morgan fingerprint density at radius 3 is 2.47 bits per heavy atom. The standard InChI is InChI=1S/C12H11BrO2/c1-9(2)15-12(14)8-5-10-3-6-11(13)7-4-10/h3-4,6-7,9H,1-2H3. The van der Waals surface area contributed by atoms with Gasteiger partial charge in [-0.05, 0) is 38.1 Å². The summed E-state index contributed by atoms with van der Waals surface area (Å²) >= 11 is 3.32. The molecule has 0 aliphatic carbocycles. The second kappa shape index (κ2) is 5.57. The van der Waals surface area contributed by atoms with Crippen LogP contribution in [0.3, 0.4) is 0 Å². The summed E-state index contributed by atoms with van der Waals surface area (Å²) < 4.78 is 5.86. The average molecular weight is 267 g/mol. The summed E-state index contributed by atoms with van der Waals surface area (Å²) in [6, 6.07) is 7.41. The van der Waals surface area contributed by atoms with Gasteiger partial charge in [-0.15, -0.1) is 0 Å². The van der Waals surface area contributed by atoms with Gasteiger partial charge in [-0.3, -0.25) is 0 Å². The van der Waals surface area contributed by atoms with Gasteiger partial charge in [0.25, 0.3) is 0 Å². The van der Waals surface area contributed by atoms with Crippen LogP contribution in [-0.4, -0.2) is 12.1 Å². The van der Waals surface area contributed by atoms with Gasteiger partial charge < -0.3 is 4.74 Å². The molecule has 15 heavy (non-hydrogen) atoms. The van der Waals surface area contributed by atoms with Crippen LogP contribution in [0.15, 0.2) is 28.7 Å². The van der Waals surface area contributed by atoms with E-state index in [4.69, 9.17) is 4.74 Å². The number of carbonyl (C=O) groups excluding carboxylic acids is 1. The normalized spacial score (nSPS) is 9.33. The van der Waals surface area contributed by atoms with Gasteiger partial charge in [0, 0.05) is 16.0 Å². The van der Waals surface area contributed by atoms with Gasteiger partial charge >= 0.3 is 5.97 Å². The smallest absolute Gasteiger partial charge is 0.384 e. The van der Waals surface area contributed by atoms with Crippen LogP contribution >= 0.6 is 15.9 Å². The molecule has 0 radical (unpaired) electrons. The summed E-state index contributed by atoms with van der Waals surface area (Å²) in [7, 11) is 0. The number of esters is 1. The highest BCUT2D eigenvalue weighted by molar-refractivity contribution is 9.10. The van der Waals surface area contributed by atoms with Gasteiger partial charge in [0.05, 0.1) is 6.10 Å². The SMILES string of the molecule is CC(C)OC(=O)C#Cc1ccc(Br)cc1. The van der Waals surface area contributed by atoms with Crippen molar-refractivity contribution in [3.05, 3.63) is 34.3 Å². The van der Waals surface area contributed by atoms with Gasteiger partial charge in [-0.2, -0.15) is 0 Å². The van der Waals surface area contributed by atoms with E-state index in [1.54, 1.807) is 13.8 Å². The number of halogens is 1. The van der Waals surface area contributed by atoms with Crippen LogP contribution in [0.5, 0.6) is 0 Å². The molecule has 3 heteroatoms. The molecule has 0 bridgehead atoms. The zero-order valence-corrected chi connectivity index (χ0v) is 10.2. The second-order valence-electron chi connectivity index (χ2n) is 3.21. The molecule has 1 aromatic carbocycles. The maximum Gasteiger partial charge on any atom is 0.384 e. The first-order valence-electron chi connectivity index (χ1n) is 4.56. The van der Waals surface area contributed by atoms with E-state index < -0.39 is 5.97 Å². The van der Waals surface area contributed by atoms with Crippen molar-refractivity contribution >= 4 is 21.9 Å². The van der Waals surface area contributed by atoms with Crippen molar-refractivity contribution in [3.8, 4) is 11.8 Å². The predicted molar refractivity (Wildman–Crippen MR) is 62.2 cm³/mol. The van der Waals surface area contributed by atoms with Crippen LogP contribution in [0, 0.1) is 11.8 Å². The van der Waals surface area contributed by atoms with Gasteiger partial charge in [0.2, 0.25) is 0 Å². The summed E-state index contributed by atoms with van der Waals surface area (Å²) in [5, 5.41) is 0. The molecular formula is C12H11BrO2. The third-order valence-corrected chi connectivity index (χ3v) is 2.02. The first-order chi connectivity index (χ1) is 7.08. The molecule has 0 aliphatic rings. The quantitative estimate of drug-likeness (QED) is 0.577. The highest BCUT2D eigenvalue weighted by Crippen LogP contribution is 2.09. The number of hydrogen-bond donors (Lipinski definition) is 0. The average Bonchev–Trinajstić information content (AvgIpc) is 2.16. The van der Waals surface area contributed by atoms with Crippen LogP contribution in [0.2, 0.25) is 0 Å². The summed E-state index contributed by atoms with van der Waals surface area (Å²) in [6.45, 7) is 3.58. The largest absolute Gasteiger partial charge is 0.453 e. The molecule has 0 spiro atoms. The van der Waals surface area contributed by atoms with E-state index in [0.717, 1.165) is 10.0 Å². The molecule has 1 aromatic rings. The molecule has 0 amide bonds. The van der Waals surface area contributed by atoms with E-state index in [1.807, 2.05) is 24.3 Å². The zero-order valence-electron chi connectivity index (χ0n) is 8.58. The lowest BCUT2D eigenvalue weighted by Gasteiger charge is -2.01. The first kappa shape index (κ1) is 11.8. The Bertz CT molecular complexity index is 396. The van der Waals surface area contributed by atoms with Crippen molar-refractivity contribution in [3.63, 3.8) is 0 Å². The van der Waals surface area contributed by atoms with E-state index in [1.165, 1.54) is 0 Å². The van der Waals surface area contributed by atoms with Crippen molar-refractivity contribution in [2.24, 2.45) is 0 Å². The number of carbonyl (C=O) groups is 1. The van der Waals surface area contributed by atoms with Crippen molar-refractivity contribution in [1.29, 1.82) is 0 Å². The maximum absolute atomic E-state index is 11.1. The Kier molecular flexibility index (Phi) is 4.38. The van der Waals surface area contributed by atoms with Crippen LogP contribution in [-0.2, 0) is 9.53 Å². The second-order valence-corrected chi connectivity index (χ2v) is 4.13. The van der Waals surface area contributed by atoms with Crippen molar-refractivity contribution in [2.75, 3.05) is 0 Å². The van der Waals surface area contributed by atoms with E-state index >= 15 is 0 Å². The first-order valence-corrected chi connectivity index (χ1v) is 5.35. The fourth-order valence-electron chi connectivity index (χ4n) is 0.900. The molecular weight excluding hydrogens is 256 g/mol. The van der Waals surface area contributed by atoms with Gasteiger partial charge in [0.15, 0.2) is 0 Å². The monoisotopic (exact) mass is 266 g/mol. The van der Waals surface area contributed by atoms with E-state index in [9.17, 15) is 4.79 Å².